The molecule has 2 amide bonds. The molecule has 0 aliphatic carbocycles. The van der Waals surface area contributed by atoms with E-state index in [1.54, 1.807) is 27.8 Å². The number of carbonyl (C=O) groups excluding carboxylic acids is 2. The van der Waals surface area contributed by atoms with Gasteiger partial charge in [0, 0.05) is 29.3 Å². The van der Waals surface area contributed by atoms with Gasteiger partial charge in [0.2, 0.25) is 0 Å². The van der Waals surface area contributed by atoms with E-state index in [2.05, 4.69) is 5.32 Å². The molecule has 1 aromatic heterocycles. The molecule has 0 saturated carbocycles. The fraction of sp³-hybridized carbons (Fsp3) is 0.207. The topological polar surface area (TPSA) is 93.2 Å². The maximum atomic E-state index is 14.0. The van der Waals surface area contributed by atoms with Crippen LogP contribution in [-0.2, 0) is 11.0 Å². The second-order valence-corrected chi connectivity index (χ2v) is 9.33. The summed E-state index contributed by atoms with van der Waals surface area (Å²) >= 11 is 0. The van der Waals surface area contributed by atoms with Crippen LogP contribution in [0.1, 0.15) is 45.6 Å². The SMILES string of the molecule is CCN1C(=O)[C@H](NC(=O)c2cccc(C(F)(F)F)c2)[C@H](c2cccc(N)c2)c2c(C)nn(-c3ccccc3)c21. The Hall–Kier alpha value is -4.60. The number of rotatable bonds is 5. The summed E-state index contributed by atoms with van der Waals surface area (Å²) in [6, 6.07) is 19.4. The molecule has 5 rings (SSSR count). The lowest BCUT2D eigenvalue weighted by molar-refractivity contribution is -0.137. The molecule has 200 valence electrons. The van der Waals surface area contributed by atoms with Gasteiger partial charge >= 0.3 is 6.18 Å². The third-order valence-corrected chi connectivity index (χ3v) is 6.84. The molecule has 3 N–H and O–H groups in total. The fourth-order valence-electron chi connectivity index (χ4n) is 5.11. The number of hydrogen-bond donors (Lipinski definition) is 2. The quantitative estimate of drug-likeness (QED) is 0.350. The van der Waals surface area contributed by atoms with Gasteiger partial charge in [0.15, 0.2) is 0 Å². The number of fused-ring (bicyclic) bond motifs is 1. The Balaban J connectivity index is 1.66. The first-order chi connectivity index (χ1) is 18.6. The zero-order valence-electron chi connectivity index (χ0n) is 21.2. The molecule has 3 aromatic carbocycles. The highest BCUT2D eigenvalue weighted by molar-refractivity contribution is 6.05. The number of amides is 2. The van der Waals surface area contributed by atoms with E-state index in [9.17, 15) is 22.8 Å². The van der Waals surface area contributed by atoms with Gasteiger partial charge in [0.1, 0.15) is 11.9 Å². The number of nitrogens with zero attached hydrogens (tertiary/aromatic N) is 3. The summed E-state index contributed by atoms with van der Waals surface area (Å²) in [6.45, 7) is 3.92. The van der Waals surface area contributed by atoms with Gasteiger partial charge in [-0.05, 0) is 61.9 Å². The van der Waals surface area contributed by atoms with Crippen molar-refractivity contribution < 1.29 is 22.8 Å². The van der Waals surface area contributed by atoms with E-state index in [1.165, 1.54) is 12.1 Å². The highest BCUT2D eigenvalue weighted by atomic mass is 19.4. The Kier molecular flexibility index (Phi) is 6.63. The maximum Gasteiger partial charge on any atom is 0.416 e. The Morgan fingerprint density at radius 1 is 1.03 bits per heavy atom. The van der Waals surface area contributed by atoms with Crippen molar-refractivity contribution in [1.82, 2.24) is 15.1 Å². The lowest BCUT2D eigenvalue weighted by Crippen LogP contribution is -2.55. The molecule has 0 unspecified atom stereocenters. The van der Waals surface area contributed by atoms with Crippen LogP contribution >= 0.6 is 0 Å². The molecule has 0 spiro atoms. The Labute approximate surface area is 223 Å². The van der Waals surface area contributed by atoms with Crippen molar-refractivity contribution in [1.29, 1.82) is 0 Å². The number of hydrogen-bond acceptors (Lipinski definition) is 4. The summed E-state index contributed by atoms with van der Waals surface area (Å²) in [5.41, 5.74) is 8.21. The lowest BCUT2D eigenvalue weighted by Gasteiger charge is -2.38. The molecule has 39 heavy (non-hydrogen) atoms. The van der Waals surface area contributed by atoms with Crippen LogP contribution < -0.4 is 16.0 Å². The number of alkyl halides is 3. The van der Waals surface area contributed by atoms with Crippen molar-refractivity contribution in [2.24, 2.45) is 0 Å². The number of aryl methyl sites for hydroxylation is 1. The molecular weight excluding hydrogens is 507 g/mol. The Morgan fingerprint density at radius 2 is 1.74 bits per heavy atom. The highest BCUT2D eigenvalue weighted by Gasteiger charge is 2.45. The average molecular weight is 534 g/mol. The van der Waals surface area contributed by atoms with Gasteiger partial charge < -0.3 is 11.1 Å². The number of para-hydroxylation sites is 1. The first-order valence-corrected chi connectivity index (χ1v) is 12.4. The van der Waals surface area contributed by atoms with E-state index >= 15 is 0 Å². The second-order valence-electron chi connectivity index (χ2n) is 9.33. The molecule has 0 radical (unpaired) electrons. The van der Waals surface area contributed by atoms with Crippen LogP contribution in [0.2, 0.25) is 0 Å². The molecule has 0 fully saturated rings. The number of nitrogens with two attached hydrogens (primary N) is 1. The minimum absolute atomic E-state index is 0.200. The van der Waals surface area contributed by atoms with Crippen molar-refractivity contribution in [2.75, 3.05) is 17.2 Å². The lowest BCUT2D eigenvalue weighted by atomic mass is 9.81. The monoisotopic (exact) mass is 533 g/mol. The molecule has 10 heteroatoms. The summed E-state index contributed by atoms with van der Waals surface area (Å²) in [4.78, 5) is 28.9. The average Bonchev–Trinajstić information content (AvgIpc) is 3.25. The van der Waals surface area contributed by atoms with Crippen molar-refractivity contribution in [3.8, 4) is 5.69 Å². The summed E-state index contributed by atoms with van der Waals surface area (Å²) in [6.07, 6.45) is -4.61. The van der Waals surface area contributed by atoms with E-state index in [0.717, 1.165) is 23.4 Å². The van der Waals surface area contributed by atoms with Gasteiger partial charge in [-0.15, -0.1) is 0 Å². The van der Waals surface area contributed by atoms with Crippen LogP contribution in [0, 0.1) is 6.92 Å². The number of aromatic nitrogens is 2. The number of nitrogen functional groups attached to an aromatic ring is 1. The van der Waals surface area contributed by atoms with E-state index in [0.29, 0.717) is 22.8 Å². The zero-order valence-corrected chi connectivity index (χ0v) is 21.2. The van der Waals surface area contributed by atoms with Crippen LogP contribution in [0.15, 0.2) is 78.9 Å². The smallest absolute Gasteiger partial charge is 0.399 e. The van der Waals surface area contributed by atoms with Gasteiger partial charge in [-0.1, -0.05) is 36.4 Å². The van der Waals surface area contributed by atoms with Gasteiger partial charge in [-0.3, -0.25) is 14.5 Å². The van der Waals surface area contributed by atoms with Crippen molar-refractivity contribution in [3.05, 3.63) is 107 Å². The normalized spacial score (nSPS) is 17.2. The number of likely N-dealkylation sites (N-methyl/N-ethyl adjacent to an activating group) is 1. The molecular formula is C29H26F3N5O2. The van der Waals surface area contributed by atoms with Gasteiger partial charge in [0.25, 0.3) is 11.8 Å². The Bertz CT molecular complexity index is 1550. The summed E-state index contributed by atoms with van der Waals surface area (Å²) in [5, 5.41) is 7.50. The van der Waals surface area contributed by atoms with E-state index in [1.807, 2.05) is 50.2 Å². The number of anilines is 2. The standard InChI is InChI=1S/C29H26F3N5O2/c1-3-36-27-23(17(2)35-37(27)22-13-5-4-6-14-22)24(18-9-8-12-21(33)16-18)25(28(36)39)34-26(38)19-10-7-11-20(15-19)29(30,31)32/h4-16,24-25H,3,33H2,1-2H3,(H,34,38)/t24-,25-/m1/s1. The van der Waals surface area contributed by atoms with E-state index in [-0.39, 0.29) is 12.1 Å². The molecule has 2 atom stereocenters. The number of nitrogens with one attached hydrogen (secondary N) is 1. The molecule has 7 nitrogen and oxygen atoms in total. The minimum atomic E-state index is -4.61. The minimum Gasteiger partial charge on any atom is -0.399 e. The van der Waals surface area contributed by atoms with Crippen LogP contribution in [0.4, 0.5) is 24.7 Å². The third-order valence-electron chi connectivity index (χ3n) is 6.84. The molecule has 0 bridgehead atoms. The van der Waals surface area contributed by atoms with Crippen molar-refractivity contribution in [2.45, 2.75) is 32.0 Å². The first-order valence-electron chi connectivity index (χ1n) is 12.4. The number of carbonyl (C=O) groups is 2. The van der Waals surface area contributed by atoms with Crippen molar-refractivity contribution in [3.63, 3.8) is 0 Å². The third kappa shape index (κ3) is 4.73. The summed E-state index contributed by atoms with van der Waals surface area (Å²) in [7, 11) is 0. The highest BCUT2D eigenvalue weighted by Crippen LogP contribution is 2.43. The maximum absolute atomic E-state index is 14.0. The largest absolute Gasteiger partial charge is 0.416 e. The van der Waals surface area contributed by atoms with Crippen molar-refractivity contribution >= 4 is 23.3 Å². The molecule has 1 aliphatic heterocycles. The van der Waals surface area contributed by atoms with Gasteiger partial charge in [-0.25, -0.2) is 4.68 Å². The van der Waals surface area contributed by atoms with Gasteiger partial charge in [0.05, 0.1) is 16.9 Å². The Morgan fingerprint density at radius 3 is 2.41 bits per heavy atom. The fourth-order valence-corrected chi connectivity index (χ4v) is 5.11. The molecule has 1 aliphatic rings. The second kappa shape index (κ2) is 9.94. The summed E-state index contributed by atoms with van der Waals surface area (Å²) in [5.74, 6) is -1.31. The van der Waals surface area contributed by atoms with Gasteiger partial charge in [-0.2, -0.15) is 18.3 Å². The van der Waals surface area contributed by atoms with Crippen LogP contribution in [-0.4, -0.2) is 34.2 Å². The van der Waals surface area contributed by atoms with Crippen LogP contribution in [0.5, 0.6) is 0 Å². The van der Waals surface area contributed by atoms with E-state index in [4.69, 9.17) is 10.8 Å². The van der Waals surface area contributed by atoms with Crippen LogP contribution in [0.25, 0.3) is 5.69 Å². The van der Waals surface area contributed by atoms with E-state index < -0.39 is 35.5 Å². The predicted molar refractivity (Wildman–Crippen MR) is 142 cm³/mol. The number of halogens is 3. The zero-order chi connectivity index (χ0) is 27.9. The predicted octanol–water partition coefficient (Wildman–Crippen LogP) is 5.08. The molecule has 2 heterocycles. The number of benzene rings is 3. The summed E-state index contributed by atoms with van der Waals surface area (Å²) < 4.78 is 41.6. The first kappa shape index (κ1) is 26.0. The van der Waals surface area contributed by atoms with Crippen LogP contribution in [0.3, 0.4) is 0 Å². The molecule has 0 saturated heterocycles. The molecule has 4 aromatic rings.